The van der Waals surface area contributed by atoms with Gasteiger partial charge in [0.1, 0.15) is 0 Å². The molecular formula is C13H17N5O. The van der Waals surface area contributed by atoms with Crippen molar-refractivity contribution in [2.75, 3.05) is 18.9 Å². The van der Waals surface area contributed by atoms with Crippen LogP contribution in [-0.2, 0) is 4.74 Å². The van der Waals surface area contributed by atoms with E-state index in [4.69, 9.17) is 15.5 Å². The first-order chi connectivity index (χ1) is 9.33. The molecule has 1 aliphatic carbocycles. The fraction of sp³-hybridized carbons (Fsp3) is 0.615. The van der Waals surface area contributed by atoms with Crippen LogP contribution in [-0.4, -0.2) is 33.0 Å². The lowest BCUT2D eigenvalue weighted by molar-refractivity contribution is 0.0674. The van der Waals surface area contributed by atoms with Crippen molar-refractivity contribution in [3.05, 3.63) is 11.9 Å². The third kappa shape index (κ3) is 1.87. The van der Waals surface area contributed by atoms with Crippen LogP contribution >= 0.6 is 0 Å². The summed E-state index contributed by atoms with van der Waals surface area (Å²) >= 11 is 0. The van der Waals surface area contributed by atoms with Crippen LogP contribution in [0.25, 0.3) is 11.2 Å². The van der Waals surface area contributed by atoms with Crippen molar-refractivity contribution < 1.29 is 4.74 Å². The van der Waals surface area contributed by atoms with Crippen molar-refractivity contribution in [3.63, 3.8) is 0 Å². The van der Waals surface area contributed by atoms with Crippen LogP contribution in [0.3, 0.4) is 0 Å². The zero-order valence-corrected chi connectivity index (χ0v) is 10.7. The number of nitrogen functional groups attached to an aromatic ring is 1. The first kappa shape index (κ1) is 11.2. The number of rotatable bonds is 2. The Labute approximate surface area is 111 Å². The molecule has 1 saturated carbocycles. The van der Waals surface area contributed by atoms with E-state index in [9.17, 15) is 0 Å². The Morgan fingerprint density at radius 1 is 1.21 bits per heavy atom. The van der Waals surface area contributed by atoms with E-state index in [2.05, 4.69) is 10.1 Å². The highest BCUT2D eigenvalue weighted by Gasteiger charge is 2.27. The second kappa shape index (κ2) is 4.16. The molecule has 3 heterocycles. The standard InChI is InChI=1S/C13H17N5O/c14-12-11-13(16-10(7-15-11)8-1-2-8)18(17-12)9-3-5-19-6-4-9/h7-9H,1-6H2,(H2,14,17). The van der Waals surface area contributed by atoms with Crippen LogP contribution < -0.4 is 5.73 Å². The molecule has 2 aliphatic rings. The second-order valence-corrected chi connectivity index (χ2v) is 5.41. The van der Waals surface area contributed by atoms with Gasteiger partial charge in [-0.3, -0.25) is 0 Å². The number of aromatic nitrogens is 4. The van der Waals surface area contributed by atoms with E-state index in [0.29, 0.717) is 17.8 Å². The Balaban J connectivity index is 1.81. The fourth-order valence-electron chi connectivity index (χ4n) is 2.70. The van der Waals surface area contributed by atoms with E-state index in [1.807, 2.05) is 10.9 Å². The molecule has 0 amide bonds. The number of nitrogens with zero attached hydrogens (tertiary/aromatic N) is 4. The predicted octanol–water partition coefficient (Wildman–Crippen LogP) is 1.64. The molecule has 6 nitrogen and oxygen atoms in total. The molecule has 0 unspecified atom stereocenters. The van der Waals surface area contributed by atoms with E-state index < -0.39 is 0 Å². The van der Waals surface area contributed by atoms with Gasteiger partial charge in [0, 0.05) is 25.3 Å². The third-order valence-electron chi connectivity index (χ3n) is 3.98. The molecule has 1 saturated heterocycles. The summed E-state index contributed by atoms with van der Waals surface area (Å²) in [5, 5.41) is 4.45. The molecule has 6 heteroatoms. The number of fused-ring (bicyclic) bond motifs is 1. The van der Waals surface area contributed by atoms with Crippen LogP contribution in [0, 0.1) is 0 Å². The summed E-state index contributed by atoms with van der Waals surface area (Å²) in [4.78, 5) is 9.21. The van der Waals surface area contributed by atoms with Gasteiger partial charge < -0.3 is 10.5 Å². The molecule has 0 spiro atoms. The first-order valence-corrected chi connectivity index (χ1v) is 6.91. The summed E-state index contributed by atoms with van der Waals surface area (Å²) in [5.74, 6) is 1.08. The van der Waals surface area contributed by atoms with Gasteiger partial charge in [-0.05, 0) is 25.7 Å². The molecule has 2 N–H and O–H groups in total. The smallest absolute Gasteiger partial charge is 0.179 e. The van der Waals surface area contributed by atoms with E-state index in [1.165, 1.54) is 12.8 Å². The van der Waals surface area contributed by atoms with Crippen molar-refractivity contribution in [2.24, 2.45) is 0 Å². The largest absolute Gasteiger partial charge is 0.381 e. The van der Waals surface area contributed by atoms with E-state index in [0.717, 1.165) is 42.9 Å². The van der Waals surface area contributed by atoms with Crippen LogP contribution in [0.1, 0.15) is 43.3 Å². The third-order valence-corrected chi connectivity index (χ3v) is 3.98. The molecule has 0 radical (unpaired) electrons. The SMILES string of the molecule is Nc1nn(C2CCOCC2)c2nc(C3CC3)cnc12. The molecule has 4 rings (SSSR count). The van der Waals surface area contributed by atoms with Crippen LogP contribution in [0.4, 0.5) is 5.82 Å². The Hall–Kier alpha value is -1.69. The first-order valence-electron chi connectivity index (χ1n) is 6.91. The summed E-state index contributed by atoms with van der Waals surface area (Å²) in [6, 6.07) is 0.331. The number of hydrogen-bond donors (Lipinski definition) is 1. The lowest BCUT2D eigenvalue weighted by atomic mass is 10.1. The molecule has 19 heavy (non-hydrogen) atoms. The maximum Gasteiger partial charge on any atom is 0.179 e. The predicted molar refractivity (Wildman–Crippen MR) is 70.8 cm³/mol. The van der Waals surface area contributed by atoms with Crippen LogP contribution in [0.2, 0.25) is 0 Å². The molecule has 0 atom stereocenters. The van der Waals surface area contributed by atoms with E-state index in [-0.39, 0.29) is 0 Å². The topological polar surface area (TPSA) is 78.8 Å². The summed E-state index contributed by atoms with van der Waals surface area (Å²) in [7, 11) is 0. The molecule has 2 fully saturated rings. The Kier molecular flexibility index (Phi) is 2.44. The lowest BCUT2D eigenvalue weighted by Crippen LogP contribution is -2.21. The maximum absolute atomic E-state index is 5.96. The van der Waals surface area contributed by atoms with Crippen LogP contribution in [0.15, 0.2) is 6.20 Å². The van der Waals surface area contributed by atoms with Crippen molar-refractivity contribution in [3.8, 4) is 0 Å². The van der Waals surface area contributed by atoms with Gasteiger partial charge in [-0.1, -0.05) is 0 Å². The molecule has 0 aromatic carbocycles. The number of anilines is 1. The zero-order valence-electron chi connectivity index (χ0n) is 10.7. The van der Waals surface area contributed by atoms with E-state index in [1.54, 1.807) is 0 Å². The molecule has 0 bridgehead atoms. The van der Waals surface area contributed by atoms with Gasteiger partial charge in [0.25, 0.3) is 0 Å². The summed E-state index contributed by atoms with van der Waals surface area (Å²) in [5.41, 5.74) is 8.62. The van der Waals surface area contributed by atoms with Crippen molar-refractivity contribution in [1.82, 2.24) is 19.7 Å². The molecule has 2 aromatic rings. The van der Waals surface area contributed by atoms with Crippen molar-refractivity contribution in [2.45, 2.75) is 37.6 Å². The Morgan fingerprint density at radius 2 is 2.00 bits per heavy atom. The van der Waals surface area contributed by atoms with Gasteiger partial charge in [-0.2, -0.15) is 5.10 Å². The van der Waals surface area contributed by atoms with Gasteiger partial charge >= 0.3 is 0 Å². The van der Waals surface area contributed by atoms with E-state index >= 15 is 0 Å². The van der Waals surface area contributed by atoms with Gasteiger partial charge in [0.15, 0.2) is 17.0 Å². The minimum Gasteiger partial charge on any atom is -0.381 e. The fourth-order valence-corrected chi connectivity index (χ4v) is 2.70. The summed E-state index contributed by atoms with van der Waals surface area (Å²) in [6.07, 6.45) is 6.23. The quantitative estimate of drug-likeness (QED) is 0.886. The Morgan fingerprint density at radius 3 is 2.74 bits per heavy atom. The monoisotopic (exact) mass is 259 g/mol. The van der Waals surface area contributed by atoms with Gasteiger partial charge in [0.05, 0.1) is 11.7 Å². The minimum atomic E-state index is 0.331. The zero-order chi connectivity index (χ0) is 12.8. The van der Waals surface area contributed by atoms with Crippen molar-refractivity contribution in [1.29, 1.82) is 0 Å². The highest BCUT2D eigenvalue weighted by molar-refractivity contribution is 5.82. The molecular weight excluding hydrogens is 242 g/mol. The Bertz CT molecular complexity index is 613. The lowest BCUT2D eigenvalue weighted by Gasteiger charge is -2.22. The number of hydrogen-bond acceptors (Lipinski definition) is 5. The van der Waals surface area contributed by atoms with Gasteiger partial charge in [-0.15, -0.1) is 0 Å². The highest BCUT2D eigenvalue weighted by Crippen LogP contribution is 2.39. The second-order valence-electron chi connectivity index (χ2n) is 5.41. The maximum atomic E-state index is 5.96. The van der Waals surface area contributed by atoms with Crippen LogP contribution in [0.5, 0.6) is 0 Å². The summed E-state index contributed by atoms with van der Waals surface area (Å²) in [6.45, 7) is 1.56. The average Bonchev–Trinajstić information content (AvgIpc) is 3.25. The molecule has 1 aliphatic heterocycles. The average molecular weight is 259 g/mol. The normalized spacial score (nSPS) is 21.1. The number of nitrogens with two attached hydrogens (primary N) is 1. The van der Waals surface area contributed by atoms with Gasteiger partial charge in [-0.25, -0.2) is 14.6 Å². The van der Waals surface area contributed by atoms with Crippen molar-refractivity contribution >= 4 is 17.0 Å². The minimum absolute atomic E-state index is 0.331. The molecule has 2 aromatic heterocycles. The summed E-state index contributed by atoms with van der Waals surface area (Å²) < 4.78 is 7.37. The molecule has 100 valence electrons. The van der Waals surface area contributed by atoms with Gasteiger partial charge in [0.2, 0.25) is 0 Å². The highest BCUT2D eigenvalue weighted by atomic mass is 16.5. The number of ether oxygens (including phenoxy) is 1.